The summed E-state index contributed by atoms with van der Waals surface area (Å²) in [4.78, 5) is 19.7. The number of carboxylic acids is 1. The monoisotopic (exact) mass is 290 g/mol. The van der Waals surface area contributed by atoms with E-state index >= 15 is 0 Å². The number of carbonyl (C=O) groups excluding carboxylic acids is 1. The van der Waals surface area contributed by atoms with Gasteiger partial charge in [-0.05, 0) is 0 Å². The molecule has 0 aliphatic heterocycles. The molecule has 0 aliphatic rings. The molecule has 7 heteroatoms. The number of hydrogen-bond donors (Lipinski definition) is 1. The van der Waals surface area contributed by atoms with E-state index in [-0.39, 0.29) is 6.61 Å². The lowest BCUT2D eigenvalue weighted by molar-refractivity contribution is -0.139. The summed E-state index contributed by atoms with van der Waals surface area (Å²) in [6.45, 7) is 11.4. The molecule has 0 saturated carbocycles. The van der Waals surface area contributed by atoms with E-state index in [9.17, 15) is 18.4 Å². The van der Waals surface area contributed by atoms with Crippen LogP contribution in [0.2, 0.25) is 19.6 Å². The third-order valence-corrected chi connectivity index (χ3v) is 2.12. The average molecular weight is 290 g/mol. The largest absolute Gasteiger partial charge is 0.476 e. The average Bonchev–Trinajstić information content (AvgIpc) is 2.23. The van der Waals surface area contributed by atoms with E-state index in [0.29, 0.717) is 0 Å². The van der Waals surface area contributed by atoms with E-state index in [0.717, 1.165) is 0 Å². The first-order valence-corrected chi connectivity index (χ1v) is 8.56. The third kappa shape index (κ3) is 16.1. The van der Waals surface area contributed by atoms with Crippen molar-refractivity contribution in [1.29, 1.82) is 0 Å². The Balaban J connectivity index is 0. The van der Waals surface area contributed by atoms with Crippen LogP contribution in [0, 0.1) is 11.5 Å². The fourth-order valence-corrected chi connectivity index (χ4v) is 1.08. The van der Waals surface area contributed by atoms with Crippen molar-refractivity contribution in [3.8, 4) is 11.5 Å². The van der Waals surface area contributed by atoms with E-state index in [1.54, 1.807) is 0 Å². The zero-order valence-corrected chi connectivity index (χ0v) is 12.0. The SMILES string of the molecule is C=C(F)C(=O)O.C=C(F)C(=O)OCC#C[Si](C)(C)C. The van der Waals surface area contributed by atoms with Crippen LogP contribution in [0.5, 0.6) is 0 Å². The van der Waals surface area contributed by atoms with Gasteiger partial charge in [0.15, 0.2) is 6.61 Å². The lowest BCUT2D eigenvalue weighted by atomic mass is 10.6. The van der Waals surface area contributed by atoms with Gasteiger partial charge in [0.25, 0.3) is 0 Å². The maximum Gasteiger partial charge on any atom is 0.367 e. The van der Waals surface area contributed by atoms with E-state index < -0.39 is 31.7 Å². The van der Waals surface area contributed by atoms with Gasteiger partial charge in [-0.2, -0.15) is 8.78 Å². The zero-order chi connectivity index (χ0) is 15.6. The molecule has 0 saturated heterocycles. The van der Waals surface area contributed by atoms with Crippen molar-refractivity contribution < 1.29 is 28.2 Å². The minimum Gasteiger partial charge on any atom is -0.476 e. The number of aliphatic carboxylic acids is 1. The summed E-state index contributed by atoms with van der Waals surface area (Å²) in [6, 6.07) is 0. The Bertz CT molecular complexity index is 415. The van der Waals surface area contributed by atoms with Gasteiger partial charge in [0.2, 0.25) is 11.7 Å². The van der Waals surface area contributed by atoms with Crippen molar-refractivity contribution in [3.63, 3.8) is 0 Å². The van der Waals surface area contributed by atoms with Crippen molar-refractivity contribution in [2.75, 3.05) is 6.61 Å². The van der Waals surface area contributed by atoms with Gasteiger partial charge in [0.05, 0.1) is 0 Å². The molecule has 0 rings (SSSR count). The first-order valence-electron chi connectivity index (χ1n) is 5.06. The Morgan fingerprint density at radius 3 is 1.89 bits per heavy atom. The summed E-state index contributed by atoms with van der Waals surface area (Å²) in [6.07, 6.45) is 0. The van der Waals surface area contributed by atoms with Crippen LogP contribution < -0.4 is 0 Å². The number of carboxylic acid groups (broad SMARTS) is 1. The second kappa shape index (κ2) is 9.05. The molecule has 0 aromatic rings. The van der Waals surface area contributed by atoms with Crippen molar-refractivity contribution in [2.45, 2.75) is 19.6 Å². The topological polar surface area (TPSA) is 63.6 Å². The predicted molar refractivity (Wildman–Crippen MR) is 70.2 cm³/mol. The van der Waals surface area contributed by atoms with Crippen LogP contribution in [0.4, 0.5) is 8.78 Å². The second-order valence-corrected chi connectivity index (χ2v) is 8.99. The number of rotatable bonds is 3. The van der Waals surface area contributed by atoms with E-state index in [4.69, 9.17) is 5.11 Å². The molecule has 0 heterocycles. The molecule has 0 aromatic heterocycles. The van der Waals surface area contributed by atoms with Gasteiger partial charge in [-0.1, -0.05) is 38.7 Å². The predicted octanol–water partition coefficient (Wildman–Crippen LogP) is 2.45. The summed E-state index contributed by atoms with van der Waals surface area (Å²) in [5.74, 6) is -2.38. The first kappa shape index (κ1) is 19.4. The molecule has 1 N–H and O–H groups in total. The minimum atomic E-state index is -1.60. The quantitative estimate of drug-likeness (QED) is 0.375. The molecule has 0 amide bonds. The number of ether oxygens (including phenoxy) is 1. The van der Waals surface area contributed by atoms with Gasteiger partial charge in [-0.25, -0.2) is 9.59 Å². The van der Waals surface area contributed by atoms with Crippen LogP contribution in [0.25, 0.3) is 0 Å². The van der Waals surface area contributed by atoms with Crippen LogP contribution in [-0.2, 0) is 14.3 Å². The fourth-order valence-electron chi connectivity index (χ4n) is 0.481. The molecule has 0 aliphatic carbocycles. The van der Waals surface area contributed by atoms with E-state index in [1.807, 2.05) is 0 Å². The molecular formula is C12H16F2O4Si. The summed E-state index contributed by atoms with van der Waals surface area (Å²) in [5, 5.41) is 7.52. The number of halogens is 2. The molecule has 0 aromatic carbocycles. The van der Waals surface area contributed by atoms with Gasteiger partial charge in [-0.15, -0.1) is 5.54 Å². The zero-order valence-electron chi connectivity index (χ0n) is 11.0. The summed E-state index contributed by atoms with van der Waals surface area (Å²) >= 11 is 0. The van der Waals surface area contributed by atoms with Crippen molar-refractivity contribution in [2.24, 2.45) is 0 Å². The highest BCUT2D eigenvalue weighted by molar-refractivity contribution is 6.83. The number of carbonyl (C=O) groups is 2. The molecular weight excluding hydrogens is 274 g/mol. The van der Waals surface area contributed by atoms with Crippen LogP contribution in [-0.4, -0.2) is 31.7 Å². The van der Waals surface area contributed by atoms with E-state index in [2.05, 4.69) is 49.0 Å². The lowest BCUT2D eigenvalue weighted by Crippen LogP contribution is -2.17. The third-order valence-electron chi connectivity index (χ3n) is 1.19. The summed E-state index contributed by atoms with van der Waals surface area (Å²) < 4.78 is 27.5. The van der Waals surface area contributed by atoms with Crippen LogP contribution in [0.3, 0.4) is 0 Å². The summed E-state index contributed by atoms with van der Waals surface area (Å²) in [5.41, 5.74) is 2.98. The molecule has 19 heavy (non-hydrogen) atoms. The van der Waals surface area contributed by atoms with Gasteiger partial charge >= 0.3 is 11.9 Å². The number of hydrogen-bond acceptors (Lipinski definition) is 3. The Morgan fingerprint density at radius 1 is 1.21 bits per heavy atom. The maximum atomic E-state index is 12.0. The highest BCUT2D eigenvalue weighted by Gasteiger charge is 2.08. The lowest BCUT2D eigenvalue weighted by Gasteiger charge is -2.03. The Morgan fingerprint density at radius 2 is 1.63 bits per heavy atom. The molecule has 0 fully saturated rings. The maximum absolute atomic E-state index is 12.0. The molecule has 4 nitrogen and oxygen atoms in total. The van der Waals surface area contributed by atoms with Gasteiger partial charge in [-0.3, -0.25) is 0 Å². The van der Waals surface area contributed by atoms with Gasteiger partial charge in [0, 0.05) is 0 Å². The molecule has 0 bridgehead atoms. The van der Waals surface area contributed by atoms with Gasteiger partial charge < -0.3 is 9.84 Å². The first-order chi connectivity index (χ1) is 8.47. The van der Waals surface area contributed by atoms with Crippen LogP contribution in [0.15, 0.2) is 24.8 Å². The minimum absolute atomic E-state index is 0.0634. The highest BCUT2D eigenvalue weighted by Crippen LogP contribution is 1.97. The second-order valence-electron chi connectivity index (χ2n) is 4.24. The highest BCUT2D eigenvalue weighted by atomic mass is 28.3. The molecule has 0 spiro atoms. The standard InChI is InChI=1S/C9H13FO2Si.C3H3FO2/c1-8(10)9(11)12-6-5-7-13(2,3)4;1-2(4)3(5)6/h1,6H2,2-4H3;1H2,(H,5,6). The number of esters is 1. The Labute approximate surface area is 111 Å². The van der Waals surface area contributed by atoms with Gasteiger partial charge in [0.1, 0.15) is 8.07 Å². The van der Waals surface area contributed by atoms with Crippen molar-refractivity contribution >= 4 is 20.0 Å². The van der Waals surface area contributed by atoms with E-state index in [1.165, 1.54) is 0 Å². The molecule has 0 atom stereocenters. The normalized spacial score (nSPS) is 9.11. The Kier molecular flexibility index (Phi) is 9.24. The molecule has 106 valence electrons. The summed E-state index contributed by atoms with van der Waals surface area (Å²) in [7, 11) is -1.43. The van der Waals surface area contributed by atoms with Crippen molar-refractivity contribution in [1.82, 2.24) is 0 Å². The smallest absolute Gasteiger partial charge is 0.367 e. The Hall–Kier alpha value is -1.94. The molecule has 0 radical (unpaired) electrons. The van der Waals surface area contributed by atoms with Crippen LogP contribution in [0.1, 0.15) is 0 Å². The van der Waals surface area contributed by atoms with Crippen molar-refractivity contribution in [3.05, 3.63) is 24.8 Å². The van der Waals surface area contributed by atoms with Crippen LogP contribution >= 0.6 is 0 Å². The molecule has 0 unspecified atom stereocenters. The fraction of sp³-hybridized carbons (Fsp3) is 0.333.